The number of hydrogen-bond acceptors (Lipinski definition) is 2. The lowest BCUT2D eigenvalue weighted by atomic mass is 10.0. The first-order chi connectivity index (χ1) is 26.3. The number of rotatable bonds is 5. The summed E-state index contributed by atoms with van der Waals surface area (Å²) in [6, 6.07) is 70.9. The third-order valence-corrected chi connectivity index (χ3v) is 11.9. The third kappa shape index (κ3) is 4.78. The molecule has 0 fully saturated rings. The molecule has 9 aromatic carbocycles. The van der Waals surface area contributed by atoms with Gasteiger partial charge < -0.3 is 9.47 Å². The molecule has 2 aromatic heterocycles. The van der Waals surface area contributed by atoms with E-state index in [9.17, 15) is 0 Å². The van der Waals surface area contributed by atoms with Crippen LogP contribution >= 0.6 is 11.3 Å². The highest BCUT2D eigenvalue weighted by Gasteiger charge is 2.21. The van der Waals surface area contributed by atoms with Gasteiger partial charge in [-0.05, 0) is 87.9 Å². The first kappa shape index (κ1) is 30.0. The molecular weight excluding hydrogens is 661 g/mol. The predicted molar refractivity (Wildman–Crippen MR) is 229 cm³/mol. The number of hydrogen-bond donors (Lipinski definition) is 0. The Hall–Kier alpha value is -6.68. The van der Waals surface area contributed by atoms with Gasteiger partial charge in [-0.25, -0.2) is 0 Å². The average Bonchev–Trinajstić information content (AvgIpc) is 3.77. The summed E-state index contributed by atoms with van der Waals surface area (Å²) >= 11 is 1.89. The molecule has 2 heterocycles. The molecule has 0 N–H and O–H groups in total. The van der Waals surface area contributed by atoms with Crippen LogP contribution in [0.2, 0.25) is 0 Å². The number of fused-ring (bicyclic) bond motifs is 9. The van der Waals surface area contributed by atoms with Gasteiger partial charge in [0.1, 0.15) is 0 Å². The van der Waals surface area contributed by atoms with E-state index in [2.05, 4.69) is 204 Å². The van der Waals surface area contributed by atoms with Gasteiger partial charge in [0.15, 0.2) is 0 Å². The van der Waals surface area contributed by atoms with E-state index in [1.807, 2.05) is 11.3 Å². The van der Waals surface area contributed by atoms with Crippen molar-refractivity contribution in [3.8, 4) is 16.8 Å². The van der Waals surface area contributed by atoms with Gasteiger partial charge in [-0.2, -0.15) is 0 Å². The van der Waals surface area contributed by atoms with Gasteiger partial charge in [0.25, 0.3) is 0 Å². The number of aromatic nitrogens is 1. The van der Waals surface area contributed by atoms with Crippen LogP contribution in [0.25, 0.3) is 80.3 Å². The molecular formula is C50H32N2S. The monoisotopic (exact) mass is 692 g/mol. The van der Waals surface area contributed by atoms with E-state index in [0.717, 1.165) is 22.7 Å². The van der Waals surface area contributed by atoms with Crippen LogP contribution < -0.4 is 4.90 Å². The Kier molecular flexibility index (Phi) is 6.76. The topological polar surface area (TPSA) is 8.17 Å². The molecule has 0 aliphatic rings. The number of benzene rings is 9. The van der Waals surface area contributed by atoms with Crippen molar-refractivity contribution in [3.05, 3.63) is 194 Å². The minimum Gasteiger partial charge on any atom is -0.310 e. The van der Waals surface area contributed by atoms with Crippen molar-refractivity contribution in [2.24, 2.45) is 0 Å². The van der Waals surface area contributed by atoms with Crippen molar-refractivity contribution in [3.63, 3.8) is 0 Å². The fourth-order valence-electron chi connectivity index (χ4n) is 8.26. The van der Waals surface area contributed by atoms with Crippen LogP contribution in [0.5, 0.6) is 0 Å². The average molecular weight is 693 g/mol. The van der Waals surface area contributed by atoms with Crippen LogP contribution in [0.4, 0.5) is 17.1 Å². The van der Waals surface area contributed by atoms with Gasteiger partial charge in [0.05, 0.1) is 21.4 Å². The molecule has 0 amide bonds. The predicted octanol–water partition coefficient (Wildman–Crippen LogP) is 14.6. The highest BCUT2D eigenvalue weighted by atomic mass is 32.1. The molecule has 0 saturated carbocycles. The normalized spacial score (nSPS) is 11.8. The maximum atomic E-state index is 2.47. The quantitative estimate of drug-likeness (QED) is 0.174. The van der Waals surface area contributed by atoms with Gasteiger partial charge >= 0.3 is 0 Å². The second kappa shape index (κ2) is 11.9. The molecule has 0 unspecified atom stereocenters. The Morgan fingerprint density at radius 2 is 1.09 bits per heavy atom. The largest absolute Gasteiger partial charge is 0.310 e. The summed E-state index contributed by atoms with van der Waals surface area (Å²) in [7, 11) is 0. The molecule has 11 rings (SSSR count). The summed E-state index contributed by atoms with van der Waals surface area (Å²) in [4.78, 5) is 2.43. The van der Waals surface area contributed by atoms with Crippen LogP contribution in [0.1, 0.15) is 0 Å². The first-order valence-corrected chi connectivity index (χ1v) is 18.9. The first-order valence-electron chi connectivity index (χ1n) is 18.1. The zero-order valence-electron chi connectivity index (χ0n) is 28.8. The van der Waals surface area contributed by atoms with E-state index in [4.69, 9.17) is 0 Å². The fourth-order valence-corrected chi connectivity index (χ4v) is 9.48. The second-order valence-electron chi connectivity index (χ2n) is 13.8. The van der Waals surface area contributed by atoms with E-state index < -0.39 is 0 Å². The van der Waals surface area contributed by atoms with Crippen LogP contribution in [0.3, 0.4) is 0 Å². The third-order valence-electron chi connectivity index (χ3n) is 10.7. The van der Waals surface area contributed by atoms with Crippen LogP contribution in [0.15, 0.2) is 194 Å². The second-order valence-corrected chi connectivity index (χ2v) is 14.8. The molecule has 0 bridgehead atoms. The van der Waals surface area contributed by atoms with Crippen molar-refractivity contribution in [1.82, 2.24) is 4.57 Å². The maximum Gasteiger partial charge on any atom is 0.0719 e. The summed E-state index contributed by atoms with van der Waals surface area (Å²) < 4.78 is 5.09. The minimum absolute atomic E-state index is 1.13. The Bertz CT molecular complexity index is 3170. The van der Waals surface area contributed by atoms with Gasteiger partial charge in [-0.15, -0.1) is 11.3 Å². The molecule has 3 heteroatoms. The van der Waals surface area contributed by atoms with Gasteiger partial charge in [-0.1, -0.05) is 133 Å². The zero-order valence-corrected chi connectivity index (χ0v) is 29.6. The fraction of sp³-hybridized carbons (Fsp3) is 0. The van der Waals surface area contributed by atoms with E-state index in [1.54, 1.807) is 0 Å². The van der Waals surface area contributed by atoms with Gasteiger partial charge in [0.2, 0.25) is 0 Å². The Morgan fingerprint density at radius 1 is 0.396 bits per heavy atom. The van der Waals surface area contributed by atoms with Gasteiger partial charge in [-0.3, -0.25) is 0 Å². The molecule has 11 aromatic rings. The molecule has 0 aliphatic carbocycles. The molecule has 53 heavy (non-hydrogen) atoms. The van der Waals surface area contributed by atoms with Crippen molar-refractivity contribution in [1.29, 1.82) is 0 Å². The molecule has 2 nitrogen and oxygen atoms in total. The summed E-state index contributed by atoms with van der Waals surface area (Å²) in [5, 5.41) is 9.98. The minimum atomic E-state index is 1.13. The molecule has 0 saturated heterocycles. The van der Waals surface area contributed by atoms with E-state index in [1.165, 1.54) is 74.6 Å². The Labute approximate surface area is 311 Å². The van der Waals surface area contributed by atoms with Crippen molar-refractivity contribution < 1.29 is 0 Å². The number of anilines is 3. The smallest absolute Gasteiger partial charge is 0.0719 e. The van der Waals surface area contributed by atoms with Crippen molar-refractivity contribution in [2.75, 3.05) is 4.90 Å². The van der Waals surface area contributed by atoms with E-state index >= 15 is 0 Å². The number of nitrogens with zero attached hydrogens (tertiary/aromatic N) is 2. The highest BCUT2D eigenvalue weighted by Crippen LogP contribution is 2.46. The zero-order chi connectivity index (χ0) is 34.9. The molecule has 0 radical (unpaired) electrons. The highest BCUT2D eigenvalue weighted by molar-refractivity contribution is 7.26. The molecule has 0 spiro atoms. The number of para-hydroxylation sites is 1. The summed E-state index contributed by atoms with van der Waals surface area (Å²) in [5.74, 6) is 0. The van der Waals surface area contributed by atoms with E-state index in [-0.39, 0.29) is 0 Å². The number of thiophene rings is 1. The summed E-state index contributed by atoms with van der Waals surface area (Å²) in [5.41, 5.74) is 9.51. The molecule has 248 valence electrons. The lowest BCUT2D eigenvalue weighted by Gasteiger charge is -2.27. The maximum absolute atomic E-state index is 2.47. The van der Waals surface area contributed by atoms with Crippen LogP contribution in [0, 0.1) is 0 Å². The van der Waals surface area contributed by atoms with E-state index in [0.29, 0.717) is 0 Å². The lowest BCUT2D eigenvalue weighted by molar-refractivity contribution is 1.19. The van der Waals surface area contributed by atoms with Crippen molar-refractivity contribution >= 4 is 91.9 Å². The molecule has 0 atom stereocenters. The SMILES string of the molecule is c1ccc(-c2ccc3sc4c(ccc5c6cc(N(c7ccc8ccccc8c7)c7cccc8ccccc78)ccc6n(-c6ccccc6)c54)c3c2)cc1. The van der Waals surface area contributed by atoms with Crippen LogP contribution in [-0.2, 0) is 0 Å². The summed E-state index contributed by atoms with van der Waals surface area (Å²) in [6.07, 6.45) is 0. The van der Waals surface area contributed by atoms with Crippen molar-refractivity contribution in [2.45, 2.75) is 0 Å². The molecule has 0 aliphatic heterocycles. The lowest BCUT2D eigenvalue weighted by Crippen LogP contribution is -2.10. The standard InChI is InChI=1S/C50H32N2S/c1-3-12-33(13-4-1)37-23-29-48-45(31-37)43-27-26-42-44-32-40(25-28-47(44)52(49(42)50(43)53-48)38-18-5-2-6-19-38)51(39-24-22-34-14-7-8-16-36(34)30-39)46-21-11-17-35-15-9-10-20-41(35)46/h1-32H. The van der Waals surface area contributed by atoms with Gasteiger partial charge in [0, 0.05) is 48.7 Å². The van der Waals surface area contributed by atoms with Crippen LogP contribution in [-0.4, -0.2) is 4.57 Å². The Balaban J connectivity index is 1.19. The Morgan fingerprint density at radius 3 is 1.96 bits per heavy atom. The summed E-state index contributed by atoms with van der Waals surface area (Å²) in [6.45, 7) is 0.